The van der Waals surface area contributed by atoms with Crippen LogP contribution in [0, 0.1) is 0 Å². The van der Waals surface area contributed by atoms with E-state index in [4.69, 9.17) is 10.6 Å². The van der Waals surface area contributed by atoms with Crippen LogP contribution in [0.2, 0.25) is 0 Å². The number of ether oxygens (including phenoxy) is 2. The summed E-state index contributed by atoms with van der Waals surface area (Å²) in [6.07, 6.45) is -3.87. The van der Waals surface area contributed by atoms with Crippen molar-refractivity contribution in [1.82, 2.24) is 5.43 Å². The maximum atomic E-state index is 11.9. The zero-order chi connectivity index (χ0) is 14.3. The van der Waals surface area contributed by atoms with Crippen molar-refractivity contribution in [3.8, 4) is 5.75 Å². The minimum Gasteiger partial charge on any atom is -0.497 e. The van der Waals surface area contributed by atoms with Crippen molar-refractivity contribution >= 4 is 0 Å². The summed E-state index contributed by atoms with van der Waals surface area (Å²) < 4.78 is 45.5. The lowest BCUT2D eigenvalue weighted by Crippen LogP contribution is -2.41. The van der Waals surface area contributed by atoms with E-state index in [9.17, 15) is 13.2 Å². The predicted molar refractivity (Wildman–Crippen MR) is 64.7 cm³/mol. The number of hydrazine groups is 1. The molecule has 1 aromatic rings. The third kappa shape index (κ3) is 6.42. The molecular formula is C12H17F3N2O2. The molecule has 0 radical (unpaired) electrons. The molecule has 0 aromatic heterocycles. The number of methoxy groups -OCH3 is 1. The van der Waals surface area contributed by atoms with Crippen LogP contribution < -0.4 is 16.0 Å². The molecule has 1 rings (SSSR count). The monoisotopic (exact) mass is 278 g/mol. The number of alkyl halides is 3. The molecule has 0 heterocycles. The van der Waals surface area contributed by atoms with Gasteiger partial charge in [0.1, 0.15) is 12.4 Å². The van der Waals surface area contributed by atoms with Crippen LogP contribution in [0.1, 0.15) is 5.56 Å². The normalized spacial score (nSPS) is 13.3. The van der Waals surface area contributed by atoms with Crippen LogP contribution in [-0.4, -0.2) is 32.5 Å². The molecule has 0 spiro atoms. The largest absolute Gasteiger partial charge is 0.497 e. The van der Waals surface area contributed by atoms with Gasteiger partial charge in [0.05, 0.1) is 13.7 Å². The van der Waals surface area contributed by atoms with Crippen LogP contribution in [0.5, 0.6) is 5.75 Å². The molecule has 1 atom stereocenters. The summed E-state index contributed by atoms with van der Waals surface area (Å²) in [5, 5.41) is 0. The van der Waals surface area contributed by atoms with Gasteiger partial charge in [-0.3, -0.25) is 11.3 Å². The fourth-order valence-electron chi connectivity index (χ4n) is 1.57. The second-order valence-electron chi connectivity index (χ2n) is 4.05. The fraction of sp³-hybridized carbons (Fsp3) is 0.500. The molecule has 0 amide bonds. The Balaban J connectivity index is 2.47. The van der Waals surface area contributed by atoms with Gasteiger partial charge in [0.2, 0.25) is 0 Å². The van der Waals surface area contributed by atoms with E-state index in [-0.39, 0.29) is 6.61 Å². The average molecular weight is 278 g/mol. The van der Waals surface area contributed by atoms with Crippen molar-refractivity contribution in [2.24, 2.45) is 5.84 Å². The lowest BCUT2D eigenvalue weighted by Gasteiger charge is -2.17. The number of hydrogen-bond acceptors (Lipinski definition) is 4. The summed E-state index contributed by atoms with van der Waals surface area (Å²) in [6, 6.07) is 6.84. The molecule has 0 bridgehead atoms. The molecule has 1 unspecified atom stereocenters. The molecule has 0 aliphatic rings. The van der Waals surface area contributed by atoms with Gasteiger partial charge in [-0.05, 0) is 24.1 Å². The highest BCUT2D eigenvalue weighted by molar-refractivity contribution is 5.28. The van der Waals surface area contributed by atoms with E-state index < -0.39 is 18.8 Å². The Morgan fingerprint density at radius 2 is 2.11 bits per heavy atom. The Morgan fingerprint density at radius 3 is 2.68 bits per heavy atom. The maximum absolute atomic E-state index is 11.9. The van der Waals surface area contributed by atoms with Crippen LogP contribution in [0.4, 0.5) is 13.2 Å². The zero-order valence-electron chi connectivity index (χ0n) is 10.5. The fourth-order valence-corrected chi connectivity index (χ4v) is 1.57. The van der Waals surface area contributed by atoms with Crippen LogP contribution in [-0.2, 0) is 11.2 Å². The van der Waals surface area contributed by atoms with Gasteiger partial charge in [-0.2, -0.15) is 13.2 Å². The molecular weight excluding hydrogens is 261 g/mol. The first-order valence-corrected chi connectivity index (χ1v) is 5.68. The molecule has 4 nitrogen and oxygen atoms in total. The average Bonchev–Trinajstić information content (AvgIpc) is 2.36. The number of rotatable bonds is 7. The maximum Gasteiger partial charge on any atom is 0.411 e. The second-order valence-corrected chi connectivity index (χ2v) is 4.05. The van der Waals surface area contributed by atoms with Crippen molar-refractivity contribution < 1.29 is 22.6 Å². The molecule has 0 saturated heterocycles. The Bertz CT molecular complexity index is 385. The van der Waals surface area contributed by atoms with Crippen LogP contribution in [0.15, 0.2) is 24.3 Å². The zero-order valence-corrected chi connectivity index (χ0v) is 10.5. The summed E-state index contributed by atoms with van der Waals surface area (Å²) in [6.45, 7) is -1.39. The van der Waals surface area contributed by atoms with Crippen LogP contribution in [0.3, 0.4) is 0 Å². The lowest BCUT2D eigenvalue weighted by atomic mass is 10.1. The molecule has 7 heteroatoms. The number of hydrogen-bond donors (Lipinski definition) is 2. The first-order chi connectivity index (χ1) is 8.94. The minimum absolute atomic E-state index is 0.118. The number of nitrogens with two attached hydrogens (primary N) is 1. The van der Waals surface area contributed by atoms with E-state index in [1.54, 1.807) is 25.3 Å². The molecule has 1 aromatic carbocycles. The Morgan fingerprint density at radius 1 is 1.37 bits per heavy atom. The highest BCUT2D eigenvalue weighted by Crippen LogP contribution is 2.16. The third-order valence-electron chi connectivity index (χ3n) is 2.44. The molecule has 0 fully saturated rings. The van der Waals surface area contributed by atoms with Gasteiger partial charge in [-0.15, -0.1) is 0 Å². The number of halogens is 3. The highest BCUT2D eigenvalue weighted by Gasteiger charge is 2.27. The van der Waals surface area contributed by atoms with Crippen LogP contribution in [0.25, 0.3) is 0 Å². The van der Waals surface area contributed by atoms with E-state index in [1.807, 2.05) is 6.07 Å². The summed E-state index contributed by atoms with van der Waals surface area (Å²) in [4.78, 5) is 0. The van der Waals surface area contributed by atoms with Crippen molar-refractivity contribution in [2.45, 2.75) is 18.6 Å². The summed E-state index contributed by atoms with van der Waals surface area (Å²) >= 11 is 0. The van der Waals surface area contributed by atoms with Gasteiger partial charge in [0, 0.05) is 6.04 Å². The Kier molecular flexibility index (Phi) is 6.07. The van der Waals surface area contributed by atoms with Gasteiger partial charge >= 0.3 is 6.18 Å². The van der Waals surface area contributed by atoms with Gasteiger partial charge in [0.25, 0.3) is 0 Å². The number of benzene rings is 1. The van der Waals surface area contributed by atoms with Crippen molar-refractivity contribution in [1.29, 1.82) is 0 Å². The van der Waals surface area contributed by atoms with E-state index in [1.165, 1.54) is 0 Å². The van der Waals surface area contributed by atoms with Gasteiger partial charge in [0.15, 0.2) is 0 Å². The SMILES string of the molecule is COc1cccc(CC(COCC(F)(F)F)NN)c1. The first kappa shape index (κ1) is 15.7. The molecule has 3 N–H and O–H groups in total. The summed E-state index contributed by atoms with van der Waals surface area (Å²) in [5.74, 6) is 5.98. The van der Waals surface area contributed by atoms with Crippen molar-refractivity contribution in [3.63, 3.8) is 0 Å². The minimum atomic E-state index is -4.32. The Hall–Kier alpha value is -1.31. The van der Waals surface area contributed by atoms with E-state index >= 15 is 0 Å². The molecule has 0 aliphatic heterocycles. The summed E-state index contributed by atoms with van der Waals surface area (Å²) in [7, 11) is 1.55. The van der Waals surface area contributed by atoms with E-state index in [2.05, 4.69) is 10.2 Å². The second kappa shape index (κ2) is 7.32. The standard InChI is InChI=1S/C12H17F3N2O2/c1-18-11-4-2-3-9(6-11)5-10(17-16)7-19-8-12(13,14)15/h2-4,6,10,17H,5,7-8,16H2,1H3. The van der Waals surface area contributed by atoms with Crippen LogP contribution >= 0.6 is 0 Å². The molecule has 0 aliphatic carbocycles. The smallest absolute Gasteiger partial charge is 0.411 e. The predicted octanol–water partition coefficient (Wildman–Crippen LogP) is 1.65. The first-order valence-electron chi connectivity index (χ1n) is 5.68. The molecule has 108 valence electrons. The quantitative estimate of drug-likeness (QED) is 0.588. The Labute approximate surface area is 109 Å². The van der Waals surface area contributed by atoms with Gasteiger partial charge in [-0.25, -0.2) is 0 Å². The molecule has 19 heavy (non-hydrogen) atoms. The van der Waals surface area contributed by atoms with E-state index in [0.29, 0.717) is 12.2 Å². The third-order valence-corrected chi connectivity index (χ3v) is 2.44. The van der Waals surface area contributed by atoms with Crippen molar-refractivity contribution in [3.05, 3.63) is 29.8 Å². The topological polar surface area (TPSA) is 56.5 Å². The lowest BCUT2D eigenvalue weighted by molar-refractivity contribution is -0.175. The van der Waals surface area contributed by atoms with Gasteiger partial charge in [-0.1, -0.05) is 12.1 Å². The molecule has 0 saturated carbocycles. The highest BCUT2D eigenvalue weighted by atomic mass is 19.4. The van der Waals surface area contributed by atoms with Crippen molar-refractivity contribution in [2.75, 3.05) is 20.3 Å². The van der Waals surface area contributed by atoms with E-state index in [0.717, 1.165) is 5.56 Å². The number of nitrogens with one attached hydrogen (secondary N) is 1. The summed E-state index contributed by atoms with van der Waals surface area (Å²) in [5.41, 5.74) is 3.34. The van der Waals surface area contributed by atoms with Gasteiger partial charge < -0.3 is 9.47 Å².